The Morgan fingerprint density at radius 3 is 1.92 bits per heavy atom. The molecule has 0 atom stereocenters. The summed E-state index contributed by atoms with van der Waals surface area (Å²) in [5, 5.41) is 4.89. The van der Waals surface area contributed by atoms with Crippen LogP contribution >= 0.6 is 11.3 Å². The molecule has 13 rings (SSSR count). The normalized spacial score (nSPS) is 12.4. The van der Waals surface area contributed by atoms with Crippen molar-refractivity contribution in [2.24, 2.45) is 0 Å². The second kappa shape index (κ2) is 18.6. The SMILES string of the molecule is CC(C)(C)c1cccc(-c2cccc(-c3cccc(-c4ccccc4)c3)c2-[n+]2cn(-c3cc(Oc4ccc5c6sc7ccc8ccccc8c7c6n(-c6cc(C(C)(C)C)ccn6)c5c4)cc(C(C)(C)C)c3)c3ccccc32)c1. The van der Waals surface area contributed by atoms with Gasteiger partial charge in [0.25, 0.3) is 6.33 Å². The van der Waals surface area contributed by atoms with E-state index < -0.39 is 0 Å². The first kappa shape index (κ1) is 49.0. The Kier molecular flexibility index (Phi) is 11.7. The smallest absolute Gasteiger partial charge is 0.255 e. The van der Waals surface area contributed by atoms with Crippen molar-refractivity contribution in [1.82, 2.24) is 14.1 Å². The minimum Gasteiger partial charge on any atom is -0.457 e. The van der Waals surface area contributed by atoms with Crippen LogP contribution in [0.4, 0.5) is 0 Å². The van der Waals surface area contributed by atoms with Gasteiger partial charge in [0.15, 0.2) is 11.0 Å². The van der Waals surface area contributed by atoms with Crippen LogP contribution in [0.25, 0.3) is 104 Å². The van der Waals surface area contributed by atoms with E-state index in [1.165, 1.54) is 69.8 Å². The molecule has 4 aromatic heterocycles. The lowest BCUT2D eigenvalue weighted by Gasteiger charge is -2.21. The van der Waals surface area contributed by atoms with Gasteiger partial charge in [-0.3, -0.25) is 4.57 Å². The second-order valence-electron chi connectivity index (χ2n) is 24.0. The molecule has 382 valence electrons. The zero-order valence-corrected chi connectivity index (χ0v) is 46.7. The van der Waals surface area contributed by atoms with E-state index in [1.807, 2.05) is 17.5 Å². The molecule has 78 heavy (non-hydrogen) atoms. The molecular formula is C72H63N4OS+. The van der Waals surface area contributed by atoms with Gasteiger partial charge in [-0.25, -0.2) is 4.98 Å². The van der Waals surface area contributed by atoms with Gasteiger partial charge in [0.1, 0.15) is 28.7 Å². The predicted molar refractivity (Wildman–Crippen MR) is 329 cm³/mol. The van der Waals surface area contributed by atoms with Crippen molar-refractivity contribution in [2.75, 3.05) is 0 Å². The number of hydrogen-bond acceptors (Lipinski definition) is 3. The predicted octanol–water partition coefficient (Wildman–Crippen LogP) is 19.5. The molecule has 0 unspecified atom stereocenters. The Hall–Kier alpha value is -8.58. The molecule has 6 heteroatoms. The molecule has 4 heterocycles. The summed E-state index contributed by atoms with van der Waals surface area (Å²) in [5.41, 5.74) is 17.0. The van der Waals surface area contributed by atoms with Gasteiger partial charge in [0.05, 0.1) is 15.7 Å². The summed E-state index contributed by atoms with van der Waals surface area (Å²) in [4.78, 5) is 5.11. The van der Waals surface area contributed by atoms with Gasteiger partial charge in [0.2, 0.25) is 0 Å². The Morgan fingerprint density at radius 1 is 0.474 bits per heavy atom. The molecule has 0 bridgehead atoms. The molecule has 0 fully saturated rings. The van der Waals surface area contributed by atoms with Crippen LogP contribution in [0.2, 0.25) is 0 Å². The van der Waals surface area contributed by atoms with Crippen LogP contribution in [0.15, 0.2) is 219 Å². The number of para-hydroxylation sites is 3. The van der Waals surface area contributed by atoms with Crippen molar-refractivity contribution in [3.8, 4) is 62.1 Å². The molecule has 0 N–H and O–H groups in total. The quantitative estimate of drug-likeness (QED) is 0.142. The van der Waals surface area contributed by atoms with Gasteiger partial charge in [0, 0.05) is 44.9 Å². The summed E-state index contributed by atoms with van der Waals surface area (Å²) in [5.74, 6) is 2.42. The van der Waals surface area contributed by atoms with Gasteiger partial charge in [-0.05, 0) is 127 Å². The Labute approximate surface area is 461 Å². The maximum absolute atomic E-state index is 7.18. The first-order valence-electron chi connectivity index (χ1n) is 27.2. The molecule has 0 aliphatic carbocycles. The monoisotopic (exact) mass is 1030 g/mol. The fourth-order valence-electron chi connectivity index (χ4n) is 11.3. The lowest BCUT2D eigenvalue weighted by atomic mass is 9.85. The molecule has 0 aliphatic rings. The summed E-state index contributed by atoms with van der Waals surface area (Å²) in [6.07, 6.45) is 4.24. The topological polar surface area (TPSA) is 35.9 Å². The maximum Gasteiger partial charge on any atom is 0.255 e. The number of benzene rings is 9. The van der Waals surface area contributed by atoms with Crippen molar-refractivity contribution in [3.63, 3.8) is 0 Å². The van der Waals surface area contributed by atoms with Gasteiger partial charge >= 0.3 is 0 Å². The first-order chi connectivity index (χ1) is 37.5. The summed E-state index contributed by atoms with van der Waals surface area (Å²) in [6.45, 7) is 20.5. The number of aromatic nitrogens is 4. The highest BCUT2D eigenvalue weighted by molar-refractivity contribution is 7.27. The lowest BCUT2D eigenvalue weighted by molar-refractivity contribution is -0.566. The number of nitrogens with zero attached hydrogens (tertiary/aromatic N) is 4. The average Bonchev–Trinajstić information content (AvgIpc) is 4.28. The van der Waals surface area contributed by atoms with Crippen molar-refractivity contribution < 1.29 is 9.30 Å². The highest BCUT2D eigenvalue weighted by Gasteiger charge is 2.28. The van der Waals surface area contributed by atoms with E-state index in [0.717, 1.165) is 61.9 Å². The number of fused-ring (bicyclic) bond motifs is 8. The Balaban J connectivity index is 0.993. The van der Waals surface area contributed by atoms with E-state index in [-0.39, 0.29) is 16.2 Å². The van der Waals surface area contributed by atoms with Gasteiger partial charge in [-0.2, -0.15) is 9.13 Å². The average molecular weight is 1030 g/mol. The van der Waals surface area contributed by atoms with E-state index in [2.05, 4.69) is 289 Å². The largest absolute Gasteiger partial charge is 0.457 e. The molecule has 0 spiro atoms. The fraction of sp³-hybridized carbons (Fsp3) is 0.167. The zero-order valence-electron chi connectivity index (χ0n) is 45.9. The van der Waals surface area contributed by atoms with Crippen molar-refractivity contribution in [1.29, 1.82) is 0 Å². The van der Waals surface area contributed by atoms with E-state index in [1.54, 1.807) is 0 Å². The van der Waals surface area contributed by atoms with E-state index in [4.69, 9.17) is 9.72 Å². The Morgan fingerprint density at radius 2 is 1.14 bits per heavy atom. The molecule has 0 radical (unpaired) electrons. The van der Waals surface area contributed by atoms with Crippen LogP contribution in [0.5, 0.6) is 11.5 Å². The molecular weight excluding hydrogens is 969 g/mol. The van der Waals surface area contributed by atoms with E-state index in [9.17, 15) is 0 Å². The standard InChI is InChI=1S/C72H63N4OS/c1-70(2,3)51-26-18-25-50(39-51)59-29-19-28-58(49-24-17-23-48(38-49)46-20-11-10-12-21-46)67(59)75-45-74(61-30-15-16-31-62(61)75)54-40-53(72(7,8)9)41-56(43-54)77-55-33-34-60-63(44-55)76(65-42-52(36-37-73-65)71(4,5)6)68-66-57-27-14-13-22-47(57)32-35-64(66)78-69(60)68/h10-45H,1-9H3/q+1. The first-order valence-corrected chi connectivity index (χ1v) is 28.0. The molecule has 0 aliphatic heterocycles. The summed E-state index contributed by atoms with van der Waals surface area (Å²) >= 11 is 1.85. The number of imidazole rings is 1. The summed E-state index contributed by atoms with van der Waals surface area (Å²) in [6, 6.07) is 75.3. The minimum absolute atomic E-state index is 0.0230. The highest BCUT2D eigenvalue weighted by Crippen LogP contribution is 2.47. The molecule has 0 amide bonds. The third kappa shape index (κ3) is 8.65. The lowest BCUT2D eigenvalue weighted by Crippen LogP contribution is -2.31. The zero-order chi connectivity index (χ0) is 53.7. The van der Waals surface area contributed by atoms with Crippen LogP contribution < -0.4 is 9.30 Å². The number of rotatable bonds is 8. The van der Waals surface area contributed by atoms with Crippen LogP contribution in [0, 0.1) is 0 Å². The third-order valence-electron chi connectivity index (χ3n) is 15.6. The molecule has 0 saturated heterocycles. The van der Waals surface area contributed by atoms with Crippen LogP contribution in [0.1, 0.15) is 79.0 Å². The van der Waals surface area contributed by atoms with Crippen LogP contribution in [-0.4, -0.2) is 14.1 Å². The third-order valence-corrected chi connectivity index (χ3v) is 16.8. The highest BCUT2D eigenvalue weighted by atomic mass is 32.1. The van der Waals surface area contributed by atoms with Gasteiger partial charge in [-0.15, -0.1) is 11.3 Å². The number of ether oxygens (including phenoxy) is 1. The van der Waals surface area contributed by atoms with Crippen LogP contribution in [0.3, 0.4) is 0 Å². The molecule has 13 aromatic rings. The van der Waals surface area contributed by atoms with Crippen molar-refractivity contribution in [2.45, 2.75) is 78.6 Å². The fourth-order valence-corrected chi connectivity index (χ4v) is 12.6. The van der Waals surface area contributed by atoms with Crippen molar-refractivity contribution in [3.05, 3.63) is 235 Å². The van der Waals surface area contributed by atoms with Crippen molar-refractivity contribution >= 4 is 64.3 Å². The second-order valence-corrected chi connectivity index (χ2v) is 25.1. The summed E-state index contributed by atoms with van der Waals surface area (Å²) in [7, 11) is 0. The number of hydrogen-bond donors (Lipinski definition) is 0. The van der Waals surface area contributed by atoms with E-state index >= 15 is 0 Å². The molecule has 5 nitrogen and oxygen atoms in total. The van der Waals surface area contributed by atoms with Crippen LogP contribution in [-0.2, 0) is 16.2 Å². The number of pyridine rings is 1. The summed E-state index contributed by atoms with van der Waals surface area (Å²) < 4.78 is 16.8. The Bertz CT molecular complexity index is 4480. The van der Waals surface area contributed by atoms with Gasteiger partial charge < -0.3 is 4.74 Å². The minimum atomic E-state index is -0.189. The van der Waals surface area contributed by atoms with E-state index in [0.29, 0.717) is 0 Å². The maximum atomic E-state index is 7.18. The van der Waals surface area contributed by atoms with Gasteiger partial charge in [-0.1, -0.05) is 196 Å². The number of thiophene rings is 1. The molecule has 9 aromatic carbocycles. The molecule has 0 saturated carbocycles.